The van der Waals surface area contributed by atoms with Gasteiger partial charge in [0.2, 0.25) is 0 Å². The molecule has 18 heavy (non-hydrogen) atoms. The number of carbonyl (C=O) groups excluding carboxylic acids is 1. The van der Waals surface area contributed by atoms with E-state index in [-0.39, 0.29) is 6.10 Å². The van der Waals surface area contributed by atoms with Crippen LogP contribution in [-0.4, -0.2) is 12.9 Å². The van der Waals surface area contributed by atoms with E-state index in [4.69, 9.17) is 9.15 Å². The predicted molar refractivity (Wildman–Crippen MR) is 66.8 cm³/mol. The van der Waals surface area contributed by atoms with Crippen molar-refractivity contribution in [2.45, 2.75) is 19.4 Å². The Morgan fingerprint density at radius 3 is 2.89 bits per heavy atom. The normalized spacial score (nSPS) is 18.4. The van der Waals surface area contributed by atoms with Gasteiger partial charge in [0.15, 0.2) is 12.0 Å². The summed E-state index contributed by atoms with van der Waals surface area (Å²) in [5.74, 6) is 1.10. The van der Waals surface area contributed by atoms with Crippen molar-refractivity contribution in [3.05, 3.63) is 58.5 Å². The summed E-state index contributed by atoms with van der Waals surface area (Å²) in [4.78, 5) is 10.8. The molecule has 0 saturated heterocycles. The van der Waals surface area contributed by atoms with Gasteiger partial charge in [-0.25, -0.2) is 0 Å². The monoisotopic (exact) mass is 242 g/mol. The molecule has 0 amide bonds. The molecule has 1 aliphatic rings. The van der Waals surface area contributed by atoms with E-state index in [0.717, 1.165) is 24.0 Å². The molecule has 0 bridgehead atoms. The van der Waals surface area contributed by atoms with Crippen molar-refractivity contribution >= 4 is 6.29 Å². The Morgan fingerprint density at radius 1 is 1.28 bits per heavy atom. The van der Waals surface area contributed by atoms with Gasteiger partial charge in [0.05, 0.1) is 6.61 Å². The summed E-state index contributed by atoms with van der Waals surface area (Å²) in [6, 6.07) is 10.0. The largest absolute Gasteiger partial charge is 0.458 e. The van der Waals surface area contributed by atoms with E-state index in [1.165, 1.54) is 11.1 Å². The molecule has 3 heteroatoms. The van der Waals surface area contributed by atoms with Gasteiger partial charge in [0.25, 0.3) is 0 Å². The van der Waals surface area contributed by atoms with Crippen LogP contribution in [0, 0.1) is 6.92 Å². The maximum Gasteiger partial charge on any atom is 0.185 e. The first-order chi connectivity index (χ1) is 8.79. The lowest BCUT2D eigenvalue weighted by molar-refractivity contribution is 0.0689. The number of fused-ring (bicyclic) bond motifs is 1. The summed E-state index contributed by atoms with van der Waals surface area (Å²) in [6.45, 7) is 2.56. The lowest BCUT2D eigenvalue weighted by Gasteiger charge is -2.25. The molecule has 0 aliphatic carbocycles. The number of hydrogen-bond donors (Lipinski definition) is 0. The molecule has 3 nitrogen and oxygen atoms in total. The summed E-state index contributed by atoms with van der Waals surface area (Å²) < 4.78 is 11.2. The first-order valence-corrected chi connectivity index (χ1v) is 6.04. The van der Waals surface area contributed by atoms with Crippen LogP contribution in [-0.2, 0) is 11.2 Å². The van der Waals surface area contributed by atoms with Crippen molar-refractivity contribution in [1.29, 1.82) is 0 Å². The Labute approximate surface area is 105 Å². The molecule has 2 aromatic rings. The Balaban J connectivity index is 2.07. The fourth-order valence-electron chi connectivity index (χ4n) is 2.49. The molecule has 0 spiro atoms. The number of aldehydes is 1. The number of furan rings is 1. The van der Waals surface area contributed by atoms with Crippen LogP contribution < -0.4 is 0 Å². The van der Waals surface area contributed by atoms with Gasteiger partial charge >= 0.3 is 0 Å². The minimum atomic E-state index is -0.118. The van der Waals surface area contributed by atoms with Gasteiger partial charge < -0.3 is 9.15 Å². The number of aryl methyl sites for hydroxylation is 1. The second-order valence-corrected chi connectivity index (χ2v) is 4.48. The second kappa shape index (κ2) is 4.42. The van der Waals surface area contributed by atoms with Crippen LogP contribution in [0.25, 0.3) is 0 Å². The molecule has 0 radical (unpaired) electrons. The maximum atomic E-state index is 10.8. The van der Waals surface area contributed by atoms with Crippen LogP contribution in [0.3, 0.4) is 0 Å². The zero-order valence-electron chi connectivity index (χ0n) is 10.2. The molecule has 1 aliphatic heterocycles. The third-order valence-electron chi connectivity index (χ3n) is 3.37. The Hall–Kier alpha value is -1.87. The smallest absolute Gasteiger partial charge is 0.185 e. The predicted octanol–water partition coefficient (Wildman–Crippen LogP) is 3.06. The van der Waals surface area contributed by atoms with E-state index >= 15 is 0 Å². The molecule has 92 valence electrons. The summed E-state index contributed by atoms with van der Waals surface area (Å²) in [6.07, 6.45) is 1.54. The molecule has 0 fully saturated rings. The minimum Gasteiger partial charge on any atom is -0.458 e. The van der Waals surface area contributed by atoms with Crippen molar-refractivity contribution in [3.8, 4) is 0 Å². The van der Waals surface area contributed by atoms with Gasteiger partial charge in [-0.15, -0.1) is 0 Å². The Bertz CT molecular complexity index is 583. The van der Waals surface area contributed by atoms with E-state index in [1.54, 1.807) is 6.07 Å². The highest BCUT2D eigenvalue weighted by Gasteiger charge is 2.25. The van der Waals surface area contributed by atoms with Crippen LogP contribution in [0.4, 0.5) is 0 Å². The lowest BCUT2D eigenvalue weighted by atomic mass is 9.93. The van der Waals surface area contributed by atoms with Crippen LogP contribution in [0.5, 0.6) is 0 Å². The van der Waals surface area contributed by atoms with Crippen molar-refractivity contribution in [2.75, 3.05) is 6.61 Å². The van der Waals surface area contributed by atoms with Crippen LogP contribution >= 0.6 is 0 Å². The minimum absolute atomic E-state index is 0.118. The first-order valence-electron chi connectivity index (χ1n) is 6.04. The van der Waals surface area contributed by atoms with Crippen molar-refractivity contribution in [3.63, 3.8) is 0 Å². The average molecular weight is 242 g/mol. The molecule has 0 N–H and O–H groups in total. The number of rotatable bonds is 2. The molecule has 3 rings (SSSR count). The second-order valence-electron chi connectivity index (χ2n) is 4.48. The van der Waals surface area contributed by atoms with Gasteiger partial charge in [-0.3, -0.25) is 4.79 Å². The van der Waals surface area contributed by atoms with Gasteiger partial charge in [-0.05, 0) is 30.5 Å². The van der Waals surface area contributed by atoms with Gasteiger partial charge in [0, 0.05) is 5.56 Å². The number of benzene rings is 1. The third kappa shape index (κ3) is 1.77. The highest BCUT2D eigenvalue weighted by molar-refractivity contribution is 5.71. The van der Waals surface area contributed by atoms with Crippen LogP contribution in [0.15, 0.2) is 34.7 Å². The fourth-order valence-corrected chi connectivity index (χ4v) is 2.49. The molecular weight excluding hydrogens is 228 g/mol. The molecule has 2 heterocycles. The zero-order chi connectivity index (χ0) is 12.5. The van der Waals surface area contributed by atoms with Gasteiger partial charge in [0.1, 0.15) is 11.9 Å². The van der Waals surface area contributed by atoms with Crippen molar-refractivity contribution in [1.82, 2.24) is 0 Å². The number of hydrogen-bond acceptors (Lipinski definition) is 3. The van der Waals surface area contributed by atoms with Crippen molar-refractivity contribution in [2.24, 2.45) is 0 Å². The molecule has 1 aromatic heterocycles. The standard InChI is InChI=1S/C15H14O3/c1-10-14(8-12(9-16)18-10)15-13-5-3-2-4-11(13)6-7-17-15/h2-5,8-9,15H,6-7H2,1H3. The number of carbonyl (C=O) groups is 1. The quantitative estimate of drug-likeness (QED) is 0.760. The van der Waals surface area contributed by atoms with E-state index in [2.05, 4.69) is 12.1 Å². The highest BCUT2D eigenvalue weighted by atomic mass is 16.5. The summed E-state index contributed by atoms with van der Waals surface area (Å²) >= 11 is 0. The summed E-state index contributed by atoms with van der Waals surface area (Å²) in [5.41, 5.74) is 3.43. The molecule has 1 atom stereocenters. The Kier molecular flexibility index (Phi) is 2.76. The van der Waals surface area contributed by atoms with Crippen LogP contribution in [0.1, 0.15) is 39.1 Å². The molecular formula is C15H14O3. The maximum absolute atomic E-state index is 10.8. The molecule has 0 saturated carbocycles. The highest BCUT2D eigenvalue weighted by Crippen LogP contribution is 2.35. The van der Waals surface area contributed by atoms with Gasteiger partial charge in [-0.1, -0.05) is 24.3 Å². The van der Waals surface area contributed by atoms with E-state index in [9.17, 15) is 4.79 Å². The fraction of sp³-hybridized carbons (Fsp3) is 0.267. The van der Waals surface area contributed by atoms with Crippen molar-refractivity contribution < 1.29 is 13.9 Å². The SMILES string of the molecule is Cc1oc(C=O)cc1C1OCCc2ccccc21. The summed E-state index contributed by atoms with van der Waals surface area (Å²) in [5, 5.41) is 0. The third-order valence-corrected chi connectivity index (χ3v) is 3.37. The summed E-state index contributed by atoms with van der Waals surface area (Å²) in [7, 11) is 0. The topological polar surface area (TPSA) is 39.4 Å². The van der Waals surface area contributed by atoms with E-state index in [0.29, 0.717) is 12.4 Å². The van der Waals surface area contributed by atoms with Crippen LogP contribution in [0.2, 0.25) is 0 Å². The van der Waals surface area contributed by atoms with Gasteiger partial charge in [-0.2, -0.15) is 0 Å². The number of ether oxygens (including phenoxy) is 1. The molecule has 1 unspecified atom stereocenters. The Morgan fingerprint density at radius 2 is 2.11 bits per heavy atom. The van der Waals surface area contributed by atoms with E-state index in [1.807, 2.05) is 19.1 Å². The lowest BCUT2D eigenvalue weighted by Crippen LogP contribution is -2.17. The average Bonchev–Trinajstić information content (AvgIpc) is 2.79. The first kappa shape index (κ1) is 11.2. The molecule has 1 aromatic carbocycles. The van der Waals surface area contributed by atoms with E-state index < -0.39 is 0 Å². The zero-order valence-corrected chi connectivity index (χ0v) is 10.2.